The Bertz CT molecular complexity index is 1020. The summed E-state index contributed by atoms with van der Waals surface area (Å²) in [6.45, 7) is 4.56. The molecule has 4 atom stereocenters. The number of H-pyrrole nitrogens is 1. The van der Waals surface area contributed by atoms with Gasteiger partial charge in [0.05, 0.1) is 6.61 Å². The average Bonchev–Trinajstić information content (AvgIpc) is 3.19. The van der Waals surface area contributed by atoms with Crippen LogP contribution in [0.1, 0.15) is 32.8 Å². The Morgan fingerprint density at radius 2 is 1.62 bits per heavy atom. The molecule has 0 aliphatic carbocycles. The molecule has 3 amide bonds. The predicted molar refractivity (Wildman–Crippen MR) is 126 cm³/mol. The molecule has 34 heavy (non-hydrogen) atoms. The monoisotopic (exact) mass is 475 g/mol. The van der Waals surface area contributed by atoms with Gasteiger partial charge in [0, 0.05) is 23.5 Å². The number of aromatic amines is 1. The summed E-state index contributed by atoms with van der Waals surface area (Å²) < 4.78 is 0. The molecule has 2 rings (SSSR count). The molecule has 1 aromatic heterocycles. The van der Waals surface area contributed by atoms with Gasteiger partial charge < -0.3 is 36.9 Å². The van der Waals surface area contributed by atoms with Crippen molar-refractivity contribution >= 4 is 34.6 Å². The Balaban J connectivity index is 2.04. The number of aliphatic hydroxyl groups excluding tert-OH is 1. The van der Waals surface area contributed by atoms with Crippen LogP contribution in [-0.4, -0.2) is 69.7 Å². The first kappa shape index (κ1) is 26.8. The highest BCUT2D eigenvalue weighted by Gasteiger charge is 2.29. The quantitative estimate of drug-likeness (QED) is 0.218. The topological polar surface area (TPSA) is 187 Å². The fourth-order valence-electron chi connectivity index (χ4n) is 3.46. The molecule has 0 radical (unpaired) electrons. The van der Waals surface area contributed by atoms with E-state index < -0.39 is 54.5 Å². The number of carbonyl (C=O) groups is 4. The summed E-state index contributed by atoms with van der Waals surface area (Å²) in [5.74, 6) is -3.15. The Morgan fingerprint density at radius 3 is 2.24 bits per heavy atom. The number of aliphatic carboxylic acids is 1. The number of amides is 3. The van der Waals surface area contributed by atoms with E-state index in [0.29, 0.717) is 0 Å². The van der Waals surface area contributed by atoms with Crippen molar-refractivity contribution in [2.75, 3.05) is 6.61 Å². The summed E-state index contributed by atoms with van der Waals surface area (Å²) in [5, 5.41) is 27.0. The van der Waals surface area contributed by atoms with E-state index >= 15 is 0 Å². The van der Waals surface area contributed by atoms with Crippen molar-refractivity contribution in [3.05, 3.63) is 36.0 Å². The van der Waals surface area contributed by atoms with Crippen LogP contribution in [0.25, 0.3) is 10.9 Å². The first-order valence-electron chi connectivity index (χ1n) is 11.1. The molecular formula is C23H33N5O6. The van der Waals surface area contributed by atoms with Crippen molar-refractivity contribution in [1.82, 2.24) is 20.9 Å². The number of benzene rings is 1. The van der Waals surface area contributed by atoms with E-state index in [2.05, 4.69) is 20.9 Å². The SMILES string of the molecule is CC(C)CC(NC(=O)C(N)CO)C(=O)NC(C)C(=O)NC(Cc1c[nH]c2ccccc12)C(=O)O. The standard InChI is InChI=1S/C23H33N5O6/c1-12(2)8-18(27-21(31)16(24)11-29)22(32)26-13(3)20(30)28-19(23(33)34)9-14-10-25-17-7-5-4-6-15(14)17/h4-7,10,12-13,16,18-19,25,29H,8-9,11,24H2,1-3H3,(H,26,32)(H,27,31)(H,28,30)(H,33,34). The van der Waals surface area contributed by atoms with Crippen molar-refractivity contribution in [3.63, 3.8) is 0 Å². The third-order valence-electron chi connectivity index (χ3n) is 5.34. The smallest absolute Gasteiger partial charge is 0.326 e. The predicted octanol–water partition coefficient (Wildman–Crippen LogP) is -0.365. The second kappa shape index (κ2) is 12.1. The highest BCUT2D eigenvalue weighted by atomic mass is 16.4. The highest BCUT2D eigenvalue weighted by Crippen LogP contribution is 2.19. The number of rotatable bonds is 12. The van der Waals surface area contributed by atoms with Crippen molar-refractivity contribution in [2.45, 2.75) is 57.8 Å². The van der Waals surface area contributed by atoms with Crippen LogP contribution < -0.4 is 21.7 Å². The lowest BCUT2D eigenvalue weighted by atomic mass is 10.0. The molecule has 0 aliphatic heterocycles. The molecule has 0 bridgehead atoms. The molecule has 186 valence electrons. The van der Waals surface area contributed by atoms with E-state index in [-0.39, 0.29) is 18.8 Å². The zero-order valence-electron chi connectivity index (χ0n) is 19.5. The Labute approximate surface area is 197 Å². The van der Waals surface area contributed by atoms with Crippen molar-refractivity contribution < 1.29 is 29.4 Å². The summed E-state index contributed by atoms with van der Waals surface area (Å²) in [6.07, 6.45) is 2.04. The zero-order valence-corrected chi connectivity index (χ0v) is 19.5. The molecule has 11 nitrogen and oxygen atoms in total. The molecule has 1 heterocycles. The molecule has 8 N–H and O–H groups in total. The summed E-state index contributed by atoms with van der Waals surface area (Å²) in [7, 11) is 0. The molecule has 0 aliphatic rings. The van der Waals surface area contributed by atoms with E-state index in [9.17, 15) is 24.3 Å². The van der Waals surface area contributed by atoms with Crippen LogP contribution in [0.15, 0.2) is 30.5 Å². The van der Waals surface area contributed by atoms with Crippen LogP contribution >= 0.6 is 0 Å². The fourth-order valence-corrected chi connectivity index (χ4v) is 3.46. The number of carbonyl (C=O) groups excluding carboxylic acids is 3. The lowest BCUT2D eigenvalue weighted by molar-refractivity contribution is -0.142. The normalized spacial score (nSPS) is 14.8. The van der Waals surface area contributed by atoms with E-state index in [0.717, 1.165) is 16.5 Å². The molecule has 4 unspecified atom stereocenters. The van der Waals surface area contributed by atoms with Gasteiger partial charge in [-0.05, 0) is 30.9 Å². The van der Waals surface area contributed by atoms with Gasteiger partial charge in [-0.3, -0.25) is 14.4 Å². The van der Waals surface area contributed by atoms with Gasteiger partial charge in [-0.1, -0.05) is 32.0 Å². The summed E-state index contributed by atoms with van der Waals surface area (Å²) in [4.78, 5) is 52.3. The van der Waals surface area contributed by atoms with Gasteiger partial charge in [0.15, 0.2) is 0 Å². The van der Waals surface area contributed by atoms with Crippen LogP contribution in [0.5, 0.6) is 0 Å². The molecule has 0 saturated carbocycles. The second-order valence-electron chi connectivity index (χ2n) is 8.67. The van der Waals surface area contributed by atoms with Crippen molar-refractivity contribution in [3.8, 4) is 0 Å². The lowest BCUT2D eigenvalue weighted by Crippen LogP contribution is -2.57. The third-order valence-corrected chi connectivity index (χ3v) is 5.34. The number of hydrogen-bond donors (Lipinski definition) is 7. The maximum Gasteiger partial charge on any atom is 0.326 e. The molecule has 0 saturated heterocycles. The highest BCUT2D eigenvalue weighted by molar-refractivity contribution is 5.94. The summed E-state index contributed by atoms with van der Waals surface area (Å²) in [6, 6.07) is 3.00. The first-order chi connectivity index (χ1) is 16.0. The van der Waals surface area contributed by atoms with Crippen LogP contribution in [0.4, 0.5) is 0 Å². The minimum atomic E-state index is -1.21. The largest absolute Gasteiger partial charge is 0.480 e. The lowest BCUT2D eigenvalue weighted by Gasteiger charge is -2.24. The maximum absolute atomic E-state index is 12.7. The molecule has 0 spiro atoms. The fraction of sp³-hybridized carbons (Fsp3) is 0.478. The van der Waals surface area contributed by atoms with Crippen LogP contribution in [0.2, 0.25) is 0 Å². The zero-order chi connectivity index (χ0) is 25.4. The number of aromatic nitrogens is 1. The van der Waals surface area contributed by atoms with E-state index in [1.165, 1.54) is 6.92 Å². The van der Waals surface area contributed by atoms with Crippen LogP contribution in [-0.2, 0) is 25.6 Å². The number of hydrogen-bond acceptors (Lipinski definition) is 6. The Kier molecular flexibility index (Phi) is 9.58. The molecule has 11 heteroatoms. The van der Waals surface area contributed by atoms with Gasteiger partial charge in [-0.15, -0.1) is 0 Å². The summed E-state index contributed by atoms with van der Waals surface area (Å²) >= 11 is 0. The van der Waals surface area contributed by atoms with Gasteiger partial charge in [0.2, 0.25) is 17.7 Å². The van der Waals surface area contributed by atoms with E-state index in [1.807, 2.05) is 38.1 Å². The van der Waals surface area contributed by atoms with Crippen LogP contribution in [0.3, 0.4) is 0 Å². The second-order valence-corrected chi connectivity index (χ2v) is 8.67. The number of fused-ring (bicyclic) bond motifs is 1. The van der Waals surface area contributed by atoms with Gasteiger partial charge in [-0.2, -0.15) is 0 Å². The van der Waals surface area contributed by atoms with E-state index in [4.69, 9.17) is 10.8 Å². The molecular weight excluding hydrogens is 442 g/mol. The Morgan fingerprint density at radius 1 is 0.971 bits per heavy atom. The average molecular weight is 476 g/mol. The molecule has 2 aromatic rings. The van der Waals surface area contributed by atoms with Gasteiger partial charge in [0.1, 0.15) is 24.2 Å². The van der Waals surface area contributed by atoms with Crippen molar-refractivity contribution in [1.29, 1.82) is 0 Å². The van der Waals surface area contributed by atoms with Gasteiger partial charge in [0.25, 0.3) is 0 Å². The van der Waals surface area contributed by atoms with Crippen molar-refractivity contribution in [2.24, 2.45) is 11.7 Å². The van der Waals surface area contributed by atoms with Gasteiger partial charge >= 0.3 is 5.97 Å². The van der Waals surface area contributed by atoms with E-state index in [1.54, 1.807) is 6.20 Å². The van der Waals surface area contributed by atoms with Gasteiger partial charge in [-0.25, -0.2) is 4.79 Å². The molecule has 0 fully saturated rings. The number of nitrogens with two attached hydrogens (primary N) is 1. The minimum Gasteiger partial charge on any atom is -0.480 e. The third kappa shape index (κ3) is 7.29. The van der Waals surface area contributed by atoms with Crippen LogP contribution in [0, 0.1) is 5.92 Å². The minimum absolute atomic E-state index is 0.0399. The molecule has 1 aromatic carbocycles. The summed E-state index contributed by atoms with van der Waals surface area (Å²) in [5.41, 5.74) is 7.09. The number of carboxylic acid groups (broad SMARTS) is 1. The Hall–Kier alpha value is -3.44. The number of para-hydroxylation sites is 1. The number of aliphatic hydroxyl groups is 1. The number of nitrogens with one attached hydrogen (secondary N) is 4. The number of carboxylic acids is 1. The first-order valence-corrected chi connectivity index (χ1v) is 11.1. The maximum atomic E-state index is 12.7.